The maximum atomic E-state index is 10.9. The number of rotatable bonds is 1. The molecule has 1 fully saturated rings. The molecule has 0 aromatic rings. The number of likely N-dealkylation sites (N-methyl/N-ethyl adjacent to an activating group) is 1. The van der Waals surface area contributed by atoms with Gasteiger partial charge in [-0.1, -0.05) is 0 Å². The third-order valence-electron chi connectivity index (χ3n) is 1.73. The number of carboxylic acids is 1. The van der Waals surface area contributed by atoms with Gasteiger partial charge in [0.15, 0.2) is 5.78 Å². The molecule has 5 nitrogen and oxygen atoms in total. The van der Waals surface area contributed by atoms with Gasteiger partial charge in [-0.25, -0.2) is 4.79 Å². The van der Waals surface area contributed by atoms with Gasteiger partial charge < -0.3 is 10.2 Å². The number of hydrogen-bond donors (Lipinski definition) is 2. The Labute approximate surface area is 63.2 Å². The van der Waals surface area contributed by atoms with Crippen molar-refractivity contribution in [3.05, 3.63) is 0 Å². The highest BCUT2D eigenvalue weighted by Crippen LogP contribution is 2.15. The maximum Gasteiger partial charge on any atom is 0.345 e. The number of carboxylic acid groups (broad SMARTS) is 1. The number of hydrogen-bond acceptors (Lipinski definition) is 4. The first-order valence-electron chi connectivity index (χ1n) is 3.14. The van der Waals surface area contributed by atoms with Crippen LogP contribution in [0.2, 0.25) is 0 Å². The smallest absolute Gasteiger partial charge is 0.345 e. The average molecular weight is 159 g/mol. The normalized spacial score (nSPS) is 32.7. The summed E-state index contributed by atoms with van der Waals surface area (Å²) in [5.74, 6) is -2.11. The van der Waals surface area contributed by atoms with Crippen LogP contribution in [0, 0.1) is 0 Å². The van der Waals surface area contributed by atoms with Crippen LogP contribution >= 0.6 is 0 Å². The number of aliphatic hydroxyl groups is 1. The van der Waals surface area contributed by atoms with Crippen LogP contribution < -0.4 is 0 Å². The molecule has 0 spiro atoms. The molecule has 0 saturated carbocycles. The SMILES string of the molecule is CN1CC(=O)C(O)(C(=O)O)C1. The van der Waals surface area contributed by atoms with Crippen molar-refractivity contribution in [2.75, 3.05) is 20.1 Å². The summed E-state index contributed by atoms with van der Waals surface area (Å²) in [7, 11) is 1.58. The minimum absolute atomic E-state index is 0.00278. The van der Waals surface area contributed by atoms with Crippen LogP contribution in [0.4, 0.5) is 0 Å². The second-order valence-corrected chi connectivity index (χ2v) is 2.76. The second-order valence-electron chi connectivity index (χ2n) is 2.76. The van der Waals surface area contributed by atoms with Gasteiger partial charge in [0.1, 0.15) is 0 Å². The average Bonchev–Trinajstić information content (AvgIpc) is 2.08. The van der Waals surface area contributed by atoms with Crippen molar-refractivity contribution in [3.63, 3.8) is 0 Å². The molecule has 11 heavy (non-hydrogen) atoms. The molecule has 1 saturated heterocycles. The van der Waals surface area contributed by atoms with E-state index in [1.54, 1.807) is 7.05 Å². The van der Waals surface area contributed by atoms with Crippen LogP contribution in [0.3, 0.4) is 0 Å². The topological polar surface area (TPSA) is 77.8 Å². The number of β-amino-alcohol motifs (C(OH)–C–C–N with tert-alkyl or cyclic N) is 1. The van der Waals surface area contributed by atoms with E-state index in [1.165, 1.54) is 4.90 Å². The molecular formula is C6H9NO4. The van der Waals surface area contributed by atoms with E-state index in [0.717, 1.165) is 0 Å². The van der Waals surface area contributed by atoms with E-state index >= 15 is 0 Å². The summed E-state index contributed by atoms with van der Waals surface area (Å²) in [4.78, 5) is 22.7. The molecule has 62 valence electrons. The number of aliphatic carboxylic acids is 1. The summed E-state index contributed by atoms with van der Waals surface area (Å²) in [6.07, 6.45) is 0. The lowest BCUT2D eigenvalue weighted by molar-refractivity contribution is -0.161. The van der Waals surface area contributed by atoms with Crippen molar-refractivity contribution in [2.45, 2.75) is 5.60 Å². The van der Waals surface area contributed by atoms with Crippen LogP contribution in [0.25, 0.3) is 0 Å². The van der Waals surface area contributed by atoms with Gasteiger partial charge in [-0.2, -0.15) is 0 Å². The van der Waals surface area contributed by atoms with Gasteiger partial charge in [0.2, 0.25) is 5.60 Å². The summed E-state index contributed by atoms with van der Waals surface area (Å²) in [5, 5.41) is 17.7. The zero-order chi connectivity index (χ0) is 8.65. The molecule has 1 rings (SSSR count). The standard InChI is InChI=1S/C6H9NO4/c1-7-2-4(8)6(11,3-7)5(9)10/h11H,2-3H2,1H3,(H,9,10). The number of carbonyl (C=O) groups excluding carboxylic acids is 1. The quantitative estimate of drug-likeness (QED) is 0.447. The van der Waals surface area contributed by atoms with Crippen LogP contribution in [-0.4, -0.2) is 52.6 Å². The molecule has 0 aromatic heterocycles. The van der Waals surface area contributed by atoms with E-state index in [4.69, 9.17) is 5.11 Å². The third kappa shape index (κ3) is 1.12. The van der Waals surface area contributed by atoms with E-state index in [1.807, 2.05) is 0 Å². The molecule has 0 radical (unpaired) electrons. The molecule has 1 aliphatic heterocycles. The highest BCUT2D eigenvalue weighted by molar-refractivity contribution is 6.08. The van der Waals surface area contributed by atoms with Crippen molar-refractivity contribution in [2.24, 2.45) is 0 Å². The first-order valence-corrected chi connectivity index (χ1v) is 3.14. The zero-order valence-electron chi connectivity index (χ0n) is 6.07. The summed E-state index contributed by atoms with van der Waals surface area (Å²) in [6.45, 7) is -0.121. The largest absolute Gasteiger partial charge is 0.479 e. The number of carbonyl (C=O) groups is 2. The lowest BCUT2D eigenvalue weighted by Gasteiger charge is -2.13. The predicted octanol–water partition coefficient (Wildman–Crippen LogP) is -1.68. The Morgan fingerprint density at radius 2 is 2.27 bits per heavy atom. The lowest BCUT2D eigenvalue weighted by Crippen LogP contribution is -2.46. The Hall–Kier alpha value is -0.940. The molecule has 1 atom stereocenters. The Kier molecular flexibility index (Phi) is 1.69. The minimum Gasteiger partial charge on any atom is -0.479 e. The Morgan fingerprint density at radius 1 is 1.73 bits per heavy atom. The molecule has 0 bridgehead atoms. The molecular weight excluding hydrogens is 150 g/mol. The van der Waals surface area contributed by atoms with Crippen LogP contribution in [0.15, 0.2) is 0 Å². The van der Waals surface area contributed by atoms with Gasteiger partial charge >= 0.3 is 5.97 Å². The van der Waals surface area contributed by atoms with Crippen molar-refractivity contribution in [1.82, 2.24) is 4.90 Å². The fourth-order valence-corrected chi connectivity index (χ4v) is 1.10. The minimum atomic E-state index is -2.17. The molecule has 0 aromatic carbocycles. The van der Waals surface area contributed by atoms with Gasteiger partial charge in [0, 0.05) is 6.54 Å². The number of ketones is 1. The summed E-state index contributed by atoms with van der Waals surface area (Å²) >= 11 is 0. The number of Topliss-reactive ketones (excluding diaryl/α,β-unsaturated/α-hetero) is 1. The summed E-state index contributed by atoms with van der Waals surface area (Å²) in [5.41, 5.74) is -2.17. The van der Waals surface area contributed by atoms with Gasteiger partial charge in [-0.3, -0.25) is 9.69 Å². The first kappa shape index (κ1) is 8.16. The summed E-state index contributed by atoms with van der Waals surface area (Å²) < 4.78 is 0. The maximum absolute atomic E-state index is 10.9. The first-order chi connectivity index (χ1) is 4.97. The van der Waals surface area contributed by atoms with E-state index in [-0.39, 0.29) is 13.1 Å². The Bertz CT molecular complexity index is 215. The molecule has 1 heterocycles. The van der Waals surface area contributed by atoms with Crippen molar-refractivity contribution < 1.29 is 19.8 Å². The van der Waals surface area contributed by atoms with Crippen LogP contribution in [0.5, 0.6) is 0 Å². The van der Waals surface area contributed by atoms with Gasteiger partial charge in [0.05, 0.1) is 6.54 Å². The predicted molar refractivity (Wildman–Crippen MR) is 35.1 cm³/mol. The van der Waals surface area contributed by atoms with E-state index in [0.29, 0.717) is 0 Å². The highest BCUT2D eigenvalue weighted by Gasteiger charge is 2.49. The zero-order valence-corrected chi connectivity index (χ0v) is 6.07. The fourth-order valence-electron chi connectivity index (χ4n) is 1.10. The lowest BCUT2D eigenvalue weighted by atomic mass is 10.0. The van der Waals surface area contributed by atoms with Gasteiger partial charge in [-0.15, -0.1) is 0 Å². The number of nitrogens with zero attached hydrogens (tertiary/aromatic N) is 1. The van der Waals surface area contributed by atoms with Crippen LogP contribution in [0.1, 0.15) is 0 Å². The van der Waals surface area contributed by atoms with Crippen LogP contribution in [-0.2, 0) is 9.59 Å². The van der Waals surface area contributed by atoms with Crippen molar-refractivity contribution >= 4 is 11.8 Å². The van der Waals surface area contributed by atoms with E-state index < -0.39 is 17.4 Å². The highest BCUT2D eigenvalue weighted by atomic mass is 16.4. The fraction of sp³-hybridized carbons (Fsp3) is 0.667. The number of likely N-dealkylation sites (tertiary alicyclic amines) is 1. The van der Waals surface area contributed by atoms with E-state index in [9.17, 15) is 14.7 Å². The van der Waals surface area contributed by atoms with Gasteiger partial charge in [0.25, 0.3) is 0 Å². The molecule has 1 unspecified atom stereocenters. The third-order valence-corrected chi connectivity index (χ3v) is 1.73. The molecule has 2 N–H and O–H groups in total. The molecule has 1 aliphatic rings. The van der Waals surface area contributed by atoms with Gasteiger partial charge in [-0.05, 0) is 7.05 Å². The summed E-state index contributed by atoms with van der Waals surface area (Å²) in [6, 6.07) is 0. The molecule has 0 aliphatic carbocycles. The second kappa shape index (κ2) is 2.28. The Balaban J connectivity index is 2.88. The molecule has 5 heteroatoms. The Morgan fingerprint density at radius 3 is 2.45 bits per heavy atom. The molecule has 0 amide bonds. The van der Waals surface area contributed by atoms with Crippen molar-refractivity contribution in [1.29, 1.82) is 0 Å². The van der Waals surface area contributed by atoms with Crippen molar-refractivity contribution in [3.8, 4) is 0 Å². The van der Waals surface area contributed by atoms with E-state index in [2.05, 4.69) is 0 Å². The monoisotopic (exact) mass is 159 g/mol.